The van der Waals surface area contributed by atoms with E-state index in [1.165, 1.54) is 36.9 Å². The number of anilines is 1. The van der Waals surface area contributed by atoms with E-state index in [1.54, 1.807) is 7.05 Å². The van der Waals surface area contributed by atoms with Crippen LogP contribution < -0.4 is 10.2 Å². The molecule has 1 aliphatic rings. The highest BCUT2D eigenvalue weighted by Gasteiger charge is 2.16. The molecule has 0 atom stereocenters. The maximum absolute atomic E-state index is 12.2. The van der Waals surface area contributed by atoms with Crippen molar-refractivity contribution in [2.45, 2.75) is 32.6 Å². The number of hydrogen-bond donors (Lipinski definition) is 1. The Bertz CT molecular complexity index is 802. The number of carbonyl (C=O) groups is 1. The van der Waals surface area contributed by atoms with E-state index in [1.807, 2.05) is 24.3 Å². The molecule has 0 radical (unpaired) electrons. The van der Waals surface area contributed by atoms with Gasteiger partial charge in [-0.05, 0) is 60.2 Å². The number of nitrogens with zero attached hydrogens (tertiary/aromatic N) is 1. The predicted molar refractivity (Wildman–Crippen MR) is 110 cm³/mol. The largest absolute Gasteiger partial charge is 0.372 e. The Kier molecular flexibility index (Phi) is 5.77. The fourth-order valence-corrected chi connectivity index (χ4v) is 3.74. The molecule has 0 spiro atoms. The number of nitrogens with one attached hydrogen (secondary N) is 1. The monoisotopic (exact) mass is 348 g/mol. The second kappa shape index (κ2) is 8.22. The Morgan fingerprint density at radius 2 is 1.62 bits per heavy atom. The van der Waals surface area contributed by atoms with E-state index >= 15 is 0 Å². The molecule has 1 N–H and O–H groups in total. The van der Waals surface area contributed by atoms with Gasteiger partial charge in [-0.3, -0.25) is 4.79 Å². The molecule has 2 aromatic rings. The van der Waals surface area contributed by atoms with Crippen molar-refractivity contribution in [2.75, 3.05) is 25.0 Å². The van der Waals surface area contributed by atoms with E-state index in [-0.39, 0.29) is 5.91 Å². The van der Waals surface area contributed by atoms with E-state index in [9.17, 15) is 4.79 Å². The second-order valence-corrected chi connectivity index (χ2v) is 7.00. The topological polar surface area (TPSA) is 32.3 Å². The van der Waals surface area contributed by atoms with Gasteiger partial charge in [0, 0.05) is 31.4 Å². The summed E-state index contributed by atoms with van der Waals surface area (Å²) in [4.78, 5) is 14.7. The number of aryl methyl sites for hydroxylation is 1. The van der Waals surface area contributed by atoms with Crippen LogP contribution in [0, 0.1) is 6.92 Å². The van der Waals surface area contributed by atoms with Crippen LogP contribution in [0.15, 0.2) is 49.0 Å². The highest BCUT2D eigenvalue weighted by atomic mass is 16.1. The lowest BCUT2D eigenvalue weighted by Crippen LogP contribution is -2.23. The van der Waals surface area contributed by atoms with Gasteiger partial charge in [-0.25, -0.2) is 0 Å². The van der Waals surface area contributed by atoms with Crippen molar-refractivity contribution in [3.05, 3.63) is 71.3 Å². The maximum atomic E-state index is 12.2. The molecule has 3 rings (SSSR count). The first kappa shape index (κ1) is 18.2. The first-order valence-corrected chi connectivity index (χ1v) is 9.48. The number of hydrogen-bond acceptors (Lipinski definition) is 2. The highest BCUT2D eigenvalue weighted by Crippen LogP contribution is 2.30. The number of carbonyl (C=O) groups excluding carboxylic acids is 1. The molecule has 3 nitrogen and oxygen atoms in total. The van der Waals surface area contributed by atoms with Gasteiger partial charge in [0.05, 0.1) is 0 Å². The summed E-state index contributed by atoms with van der Waals surface area (Å²) in [5.74, 6) is -0.0828. The molecule has 3 heteroatoms. The highest BCUT2D eigenvalue weighted by molar-refractivity contribution is 6.00. The molecule has 26 heavy (non-hydrogen) atoms. The zero-order chi connectivity index (χ0) is 18.5. The standard InChI is InChI=1S/C23H28N2O/c1-17-16-19(25-14-8-4-5-9-15-25)12-13-20(17)18(2)21-10-6-7-11-22(21)23(26)24-3/h6-7,10-13,16H,2,4-5,8-9,14-15H2,1,3H3,(H,24,26). The maximum Gasteiger partial charge on any atom is 0.251 e. The molecule has 0 saturated carbocycles. The van der Waals surface area contributed by atoms with Crippen molar-refractivity contribution in [1.29, 1.82) is 0 Å². The summed E-state index contributed by atoms with van der Waals surface area (Å²) in [6.07, 6.45) is 5.21. The second-order valence-electron chi connectivity index (χ2n) is 7.00. The summed E-state index contributed by atoms with van der Waals surface area (Å²) >= 11 is 0. The molecule has 1 heterocycles. The van der Waals surface area contributed by atoms with Crippen LogP contribution in [-0.2, 0) is 0 Å². The van der Waals surface area contributed by atoms with Crippen LogP contribution in [0.5, 0.6) is 0 Å². The van der Waals surface area contributed by atoms with Crippen molar-refractivity contribution in [2.24, 2.45) is 0 Å². The zero-order valence-corrected chi connectivity index (χ0v) is 15.8. The van der Waals surface area contributed by atoms with E-state index in [2.05, 4.69) is 41.9 Å². The fraction of sp³-hybridized carbons (Fsp3) is 0.348. The summed E-state index contributed by atoms with van der Waals surface area (Å²) in [5, 5.41) is 2.71. The SMILES string of the molecule is C=C(c1ccc(N2CCCCCC2)cc1C)c1ccccc1C(=O)NC. The van der Waals surface area contributed by atoms with Crippen LogP contribution >= 0.6 is 0 Å². The zero-order valence-electron chi connectivity index (χ0n) is 15.8. The molecule has 1 fully saturated rings. The smallest absolute Gasteiger partial charge is 0.251 e. The molecule has 1 aliphatic heterocycles. The van der Waals surface area contributed by atoms with Gasteiger partial charge < -0.3 is 10.2 Å². The Balaban J connectivity index is 1.90. The van der Waals surface area contributed by atoms with Crippen LogP contribution in [-0.4, -0.2) is 26.0 Å². The lowest BCUT2D eigenvalue weighted by molar-refractivity contribution is 0.0963. The third kappa shape index (κ3) is 3.82. The van der Waals surface area contributed by atoms with Gasteiger partial charge in [-0.1, -0.05) is 43.7 Å². The summed E-state index contributed by atoms with van der Waals surface area (Å²) in [5.41, 5.74) is 6.03. The van der Waals surface area contributed by atoms with Gasteiger partial charge in [0.2, 0.25) is 0 Å². The molecule has 0 aliphatic carbocycles. The fourth-order valence-electron chi connectivity index (χ4n) is 3.74. The molecule has 1 saturated heterocycles. The van der Waals surface area contributed by atoms with Crippen LogP contribution in [0.25, 0.3) is 5.57 Å². The molecule has 2 aromatic carbocycles. The van der Waals surface area contributed by atoms with Crippen LogP contribution in [0.3, 0.4) is 0 Å². The third-order valence-corrected chi connectivity index (χ3v) is 5.23. The number of rotatable bonds is 4. The average molecular weight is 348 g/mol. The minimum absolute atomic E-state index is 0.0828. The summed E-state index contributed by atoms with van der Waals surface area (Å²) in [6.45, 7) is 8.70. The van der Waals surface area contributed by atoms with E-state index in [0.29, 0.717) is 5.56 Å². The molecule has 1 amide bonds. The van der Waals surface area contributed by atoms with Crippen molar-refractivity contribution in [3.63, 3.8) is 0 Å². The van der Waals surface area contributed by atoms with Crippen LogP contribution in [0.1, 0.15) is 52.7 Å². The van der Waals surface area contributed by atoms with E-state index in [0.717, 1.165) is 29.8 Å². The Morgan fingerprint density at radius 1 is 0.962 bits per heavy atom. The van der Waals surface area contributed by atoms with Gasteiger partial charge in [0.1, 0.15) is 0 Å². The van der Waals surface area contributed by atoms with Gasteiger partial charge in [0.15, 0.2) is 0 Å². The van der Waals surface area contributed by atoms with Crippen LogP contribution in [0.4, 0.5) is 5.69 Å². The van der Waals surface area contributed by atoms with Gasteiger partial charge in [-0.15, -0.1) is 0 Å². The normalized spacial score (nSPS) is 14.6. The number of benzene rings is 2. The molecule has 0 aromatic heterocycles. The quantitative estimate of drug-likeness (QED) is 0.861. The van der Waals surface area contributed by atoms with Crippen molar-refractivity contribution >= 4 is 17.2 Å². The van der Waals surface area contributed by atoms with Crippen molar-refractivity contribution in [1.82, 2.24) is 5.32 Å². The number of amides is 1. The first-order valence-electron chi connectivity index (χ1n) is 9.48. The molecule has 136 valence electrons. The van der Waals surface area contributed by atoms with Gasteiger partial charge in [-0.2, -0.15) is 0 Å². The van der Waals surface area contributed by atoms with Crippen molar-refractivity contribution < 1.29 is 4.79 Å². The van der Waals surface area contributed by atoms with E-state index < -0.39 is 0 Å². The Labute approximate surface area is 156 Å². The predicted octanol–water partition coefficient (Wildman–Crippen LogP) is 4.80. The first-order chi connectivity index (χ1) is 12.6. The minimum atomic E-state index is -0.0828. The molecular formula is C23H28N2O. The summed E-state index contributed by atoms with van der Waals surface area (Å²) < 4.78 is 0. The molecular weight excluding hydrogens is 320 g/mol. The lowest BCUT2D eigenvalue weighted by atomic mass is 9.92. The van der Waals surface area contributed by atoms with Crippen LogP contribution in [0.2, 0.25) is 0 Å². The minimum Gasteiger partial charge on any atom is -0.372 e. The Morgan fingerprint density at radius 3 is 2.23 bits per heavy atom. The van der Waals surface area contributed by atoms with Gasteiger partial charge >= 0.3 is 0 Å². The van der Waals surface area contributed by atoms with Gasteiger partial charge in [0.25, 0.3) is 5.91 Å². The third-order valence-electron chi connectivity index (χ3n) is 5.23. The van der Waals surface area contributed by atoms with E-state index in [4.69, 9.17) is 0 Å². The lowest BCUT2D eigenvalue weighted by Gasteiger charge is -2.24. The summed E-state index contributed by atoms with van der Waals surface area (Å²) in [7, 11) is 1.66. The molecule has 0 bridgehead atoms. The Hall–Kier alpha value is -2.55. The summed E-state index contributed by atoms with van der Waals surface area (Å²) in [6, 6.07) is 14.3. The molecule has 0 unspecified atom stereocenters. The van der Waals surface area contributed by atoms with Crippen molar-refractivity contribution in [3.8, 4) is 0 Å². The average Bonchev–Trinajstić information content (AvgIpc) is 2.96.